The molecule has 0 saturated heterocycles. The monoisotopic (exact) mass is 611 g/mol. The second-order valence-corrected chi connectivity index (χ2v) is 11.2. The third-order valence-corrected chi connectivity index (χ3v) is 8.31. The number of nitrogens with one attached hydrogen (secondary N) is 3. The van der Waals surface area contributed by atoms with E-state index in [-0.39, 0.29) is 36.0 Å². The van der Waals surface area contributed by atoms with E-state index in [0.29, 0.717) is 12.8 Å². The van der Waals surface area contributed by atoms with Gasteiger partial charge in [0.05, 0.1) is 4.75 Å². The highest BCUT2D eigenvalue weighted by Crippen LogP contribution is 2.33. The molecule has 5 N–H and O–H groups in total. The molecule has 0 heterocycles. The van der Waals surface area contributed by atoms with E-state index in [9.17, 15) is 19.5 Å². The van der Waals surface area contributed by atoms with E-state index in [0.717, 1.165) is 44.3 Å². The van der Waals surface area contributed by atoms with Crippen LogP contribution in [0.4, 0.5) is 10.5 Å². The van der Waals surface area contributed by atoms with Gasteiger partial charge in [0.1, 0.15) is 11.3 Å². The van der Waals surface area contributed by atoms with Crippen molar-refractivity contribution in [3.05, 3.63) is 84.5 Å². The van der Waals surface area contributed by atoms with E-state index in [2.05, 4.69) is 83.6 Å². The van der Waals surface area contributed by atoms with Crippen LogP contribution in [-0.2, 0) is 4.79 Å². The highest BCUT2D eigenvalue weighted by Gasteiger charge is 2.34. The molecule has 0 aromatic heterocycles. The SMILES string of the molecule is CCC=CCC=CCC=CCC=CCC=CCCSC(CC)(CC)C(=O)NCCNC(=O)Nc1ccc(O)c(C(=O)O)c1. The number of aromatic hydroxyl groups is 1. The molecule has 9 heteroatoms. The first-order valence-corrected chi connectivity index (χ1v) is 16.1. The van der Waals surface area contributed by atoms with Gasteiger partial charge in [0.25, 0.3) is 0 Å². The van der Waals surface area contributed by atoms with Crippen molar-refractivity contribution >= 4 is 35.4 Å². The van der Waals surface area contributed by atoms with Crippen LogP contribution in [0.15, 0.2) is 79.0 Å². The van der Waals surface area contributed by atoms with Crippen LogP contribution in [0.25, 0.3) is 0 Å². The lowest BCUT2D eigenvalue weighted by Crippen LogP contribution is -2.46. The standard InChI is InChI=1S/C34H49N3O5S/c1-4-7-8-9-10-11-12-13-14-15-16-17-18-19-20-21-26-43-34(5-2,6-3)32(41)35-24-25-36-33(42)37-28-22-23-30(38)29(27-28)31(39)40/h7-8,10-11,13-14,16-17,19-20,22-23,27,38H,4-6,9,12,15,18,21,24-26H2,1-3H3,(H,35,41)(H,39,40)(H2,36,37,42). The van der Waals surface area contributed by atoms with Crippen molar-refractivity contribution in [1.29, 1.82) is 0 Å². The summed E-state index contributed by atoms with van der Waals surface area (Å²) >= 11 is 1.67. The van der Waals surface area contributed by atoms with Gasteiger partial charge in [0.15, 0.2) is 0 Å². The van der Waals surface area contributed by atoms with Gasteiger partial charge < -0.3 is 26.2 Å². The number of carboxylic acid groups (broad SMARTS) is 1. The van der Waals surface area contributed by atoms with Crippen LogP contribution in [0.2, 0.25) is 0 Å². The Balaban J connectivity index is 2.30. The van der Waals surface area contributed by atoms with Crippen molar-refractivity contribution < 1.29 is 24.6 Å². The fourth-order valence-corrected chi connectivity index (χ4v) is 5.26. The van der Waals surface area contributed by atoms with Crippen molar-refractivity contribution in [2.45, 2.75) is 76.9 Å². The molecular weight excluding hydrogens is 562 g/mol. The van der Waals surface area contributed by atoms with Crippen LogP contribution < -0.4 is 16.0 Å². The van der Waals surface area contributed by atoms with Gasteiger partial charge in [-0.05, 0) is 75.3 Å². The summed E-state index contributed by atoms with van der Waals surface area (Å²) in [6, 6.07) is 3.23. The molecule has 0 atom stereocenters. The molecular formula is C34H49N3O5S. The van der Waals surface area contributed by atoms with Crippen LogP contribution in [-0.4, -0.2) is 51.7 Å². The molecule has 1 rings (SSSR count). The number of allylic oxidation sites excluding steroid dienone is 10. The first-order valence-electron chi connectivity index (χ1n) is 15.1. The molecule has 1 aromatic carbocycles. The summed E-state index contributed by atoms with van der Waals surface area (Å²) < 4.78 is -0.525. The van der Waals surface area contributed by atoms with Crippen LogP contribution >= 0.6 is 11.8 Å². The number of rotatable bonds is 21. The molecule has 8 nitrogen and oxygen atoms in total. The number of benzene rings is 1. The summed E-state index contributed by atoms with van der Waals surface area (Å²) in [6.07, 6.45) is 29.0. The van der Waals surface area contributed by atoms with Gasteiger partial charge >= 0.3 is 12.0 Å². The molecule has 236 valence electrons. The van der Waals surface area contributed by atoms with E-state index in [1.165, 1.54) is 18.2 Å². The number of anilines is 1. The van der Waals surface area contributed by atoms with Crippen LogP contribution in [0.3, 0.4) is 0 Å². The maximum absolute atomic E-state index is 13.0. The highest BCUT2D eigenvalue weighted by atomic mass is 32.2. The summed E-state index contributed by atoms with van der Waals surface area (Å²) in [5, 5.41) is 26.8. The number of urea groups is 1. The van der Waals surface area contributed by atoms with Gasteiger partial charge in [-0.15, -0.1) is 11.8 Å². The van der Waals surface area contributed by atoms with Crippen LogP contribution in [0, 0.1) is 0 Å². The second kappa shape index (κ2) is 22.8. The van der Waals surface area contributed by atoms with Crippen molar-refractivity contribution in [3.8, 4) is 5.75 Å². The van der Waals surface area contributed by atoms with Crippen LogP contribution in [0.1, 0.15) is 82.5 Å². The predicted octanol–water partition coefficient (Wildman–Crippen LogP) is 7.76. The summed E-state index contributed by atoms with van der Waals surface area (Å²) in [7, 11) is 0. The minimum atomic E-state index is -1.30. The highest BCUT2D eigenvalue weighted by molar-refractivity contribution is 8.01. The fraction of sp³-hybridized carbons (Fsp3) is 0.441. The van der Waals surface area contributed by atoms with Gasteiger partial charge in [-0.2, -0.15) is 0 Å². The lowest BCUT2D eigenvalue weighted by Gasteiger charge is -2.29. The van der Waals surface area contributed by atoms with Gasteiger partial charge in [-0.3, -0.25) is 4.79 Å². The molecule has 3 amide bonds. The van der Waals surface area contributed by atoms with Crippen molar-refractivity contribution in [1.82, 2.24) is 10.6 Å². The summed E-state index contributed by atoms with van der Waals surface area (Å²) in [4.78, 5) is 36.3. The quantitative estimate of drug-likeness (QED) is 0.0549. The molecule has 0 unspecified atom stereocenters. The third kappa shape index (κ3) is 15.9. The molecule has 0 spiro atoms. The number of amides is 3. The summed E-state index contributed by atoms with van der Waals surface area (Å²) in [5.41, 5.74) is -0.0731. The zero-order chi connectivity index (χ0) is 31.8. The van der Waals surface area contributed by atoms with E-state index in [4.69, 9.17) is 5.11 Å². The Hall–Kier alpha value is -3.72. The van der Waals surface area contributed by atoms with E-state index >= 15 is 0 Å². The largest absolute Gasteiger partial charge is 0.507 e. The minimum absolute atomic E-state index is 0.0434. The normalized spacial score (nSPS) is 12.3. The molecule has 1 aromatic rings. The number of carbonyl (C=O) groups excluding carboxylic acids is 2. The number of carbonyl (C=O) groups is 3. The Bertz CT molecular complexity index is 1140. The average molecular weight is 612 g/mol. The second-order valence-electron chi connectivity index (χ2n) is 9.72. The molecule has 0 aliphatic heterocycles. The number of aromatic carboxylic acids is 1. The zero-order valence-corrected chi connectivity index (χ0v) is 26.6. The number of phenols is 1. The van der Waals surface area contributed by atoms with Gasteiger partial charge in [-0.1, -0.05) is 81.5 Å². The topological polar surface area (TPSA) is 128 Å². The molecule has 0 saturated carbocycles. The zero-order valence-electron chi connectivity index (χ0n) is 25.8. The van der Waals surface area contributed by atoms with Gasteiger partial charge in [0, 0.05) is 18.8 Å². The Morgan fingerprint density at radius 2 is 1.33 bits per heavy atom. The van der Waals surface area contributed by atoms with Crippen LogP contribution in [0.5, 0.6) is 5.75 Å². The average Bonchev–Trinajstić information content (AvgIpc) is 2.99. The third-order valence-electron chi connectivity index (χ3n) is 6.56. The fourth-order valence-electron chi connectivity index (χ4n) is 4.01. The van der Waals surface area contributed by atoms with Gasteiger partial charge in [-0.25, -0.2) is 9.59 Å². The molecule has 43 heavy (non-hydrogen) atoms. The Kier molecular flexibility index (Phi) is 19.8. The molecule has 0 bridgehead atoms. The molecule has 0 fully saturated rings. The lowest BCUT2D eigenvalue weighted by atomic mass is 10.0. The lowest BCUT2D eigenvalue weighted by molar-refractivity contribution is -0.123. The van der Waals surface area contributed by atoms with Crippen molar-refractivity contribution in [2.75, 3.05) is 24.2 Å². The summed E-state index contributed by atoms with van der Waals surface area (Å²) in [5.74, 6) is -0.883. The first kappa shape index (κ1) is 37.3. The maximum Gasteiger partial charge on any atom is 0.339 e. The summed E-state index contributed by atoms with van der Waals surface area (Å²) in [6.45, 7) is 6.64. The molecule has 0 aliphatic carbocycles. The number of thioether (sulfide) groups is 1. The predicted molar refractivity (Wildman–Crippen MR) is 180 cm³/mol. The Labute approximate surface area is 261 Å². The maximum atomic E-state index is 13.0. The van der Waals surface area contributed by atoms with E-state index in [1.54, 1.807) is 11.8 Å². The van der Waals surface area contributed by atoms with Crippen molar-refractivity contribution in [2.24, 2.45) is 0 Å². The van der Waals surface area contributed by atoms with E-state index < -0.39 is 16.7 Å². The Morgan fingerprint density at radius 3 is 1.86 bits per heavy atom. The number of hydrogen-bond donors (Lipinski definition) is 5. The molecule has 0 radical (unpaired) electrons. The number of carboxylic acids is 1. The van der Waals surface area contributed by atoms with Gasteiger partial charge in [0.2, 0.25) is 5.91 Å². The Morgan fingerprint density at radius 1 is 0.791 bits per heavy atom. The van der Waals surface area contributed by atoms with Crippen molar-refractivity contribution in [3.63, 3.8) is 0 Å². The van der Waals surface area contributed by atoms with E-state index in [1.807, 2.05) is 13.8 Å². The minimum Gasteiger partial charge on any atom is -0.507 e. The number of hydrogen-bond acceptors (Lipinski definition) is 5. The molecule has 0 aliphatic rings. The smallest absolute Gasteiger partial charge is 0.339 e. The first-order chi connectivity index (χ1) is 20.8.